The minimum absolute atomic E-state index is 0.131. The van der Waals surface area contributed by atoms with E-state index >= 15 is 0 Å². The first-order valence-corrected chi connectivity index (χ1v) is 7.46. The number of ketones is 1. The van der Waals surface area contributed by atoms with Crippen molar-refractivity contribution in [2.75, 3.05) is 26.3 Å². The van der Waals surface area contributed by atoms with Crippen LogP contribution in [-0.2, 0) is 4.74 Å². The van der Waals surface area contributed by atoms with Gasteiger partial charge in [-0.15, -0.1) is 11.3 Å². The number of nitrogens with zero attached hydrogens (tertiary/aromatic N) is 1. The van der Waals surface area contributed by atoms with Crippen molar-refractivity contribution < 1.29 is 9.53 Å². The van der Waals surface area contributed by atoms with E-state index in [0.29, 0.717) is 23.1 Å². The van der Waals surface area contributed by atoms with Gasteiger partial charge in [-0.2, -0.15) is 0 Å². The zero-order valence-corrected chi connectivity index (χ0v) is 12.3. The normalized spacial score (nSPS) is 20.6. The molecule has 100 valence electrons. The van der Waals surface area contributed by atoms with Gasteiger partial charge in [0.05, 0.1) is 28.7 Å². The van der Waals surface area contributed by atoms with Crippen LogP contribution >= 0.6 is 22.9 Å². The fraction of sp³-hybridized carbons (Fsp3) is 0.615. The number of thiophene rings is 1. The van der Waals surface area contributed by atoms with E-state index in [9.17, 15) is 4.79 Å². The number of ether oxygens (including phenoxy) is 1. The molecule has 1 aliphatic rings. The number of morpholine rings is 1. The first-order valence-electron chi connectivity index (χ1n) is 6.20. The van der Waals surface area contributed by atoms with Gasteiger partial charge in [-0.3, -0.25) is 9.69 Å². The van der Waals surface area contributed by atoms with E-state index in [4.69, 9.17) is 16.3 Å². The third-order valence-corrected chi connectivity index (χ3v) is 5.05. The molecule has 0 amide bonds. The highest BCUT2D eigenvalue weighted by atomic mass is 35.5. The van der Waals surface area contributed by atoms with Crippen LogP contribution in [0.3, 0.4) is 0 Å². The van der Waals surface area contributed by atoms with E-state index in [1.54, 1.807) is 6.07 Å². The van der Waals surface area contributed by atoms with Crippen LogP contribution in [0.5, 0.6) is 0 Å². The summed E-state index contributed by atoms with van der Waals surface area (Å²) in [4.78, 5) is 15.6. The van der Waals surface area contributed by atoms with Crippen molar-refractivity contribution in [3.8, 4) is 0 Å². The van der Waals surface area contributed by atoms with Crippen molar-refractivity contribution >= 4 is 28.7 Å². The van der Waals surface area contributed by atoms with Crippen LogP contribution < -0.4 is 0 Å². The lowest BCUT2D eigenvalue weighted by molar-refractivity contribution is -0.0104. The Balaban J connectivity index is 2.26. The maximum absolute atomic E-state index is 12.7. The molecule has 1 fully saturated rings. The molecular formula is C13H18ClNO2S. The summed E-state index contributed by atoms with van der Waals surface area (Å²) in [5, 5.41) is 2.43. The van der Waals surface area contributed by atoms with Crippen molar-refractivity contribution in [3.05, 3.63) is 21.3 Å². The molecular weight excluding hydrogens is 270 g/mol. The molecule has 0 bridgehead atoms. The van der Waals surface area contributed by atoms with Crippen molar-refractivity contribution in [2.24, 2.45) is 0 Å². The third-order valence-electron chi connectivity index (χ3n) is 3.71. The molecule has 2 heterocycles. The highest BCUT2D eigenvalue weighted by molar-refractivity contribution is 7.12. The average molecular weight is 288 g/mol. The highest BCUT2D eigenvalue weighted by Gasteiger charge is 2.40. The van der Waals surface area contributed by atoms with Crippen LogP contribution in [0.15, 0.2) is 11.4 Å². The minimum Gasteiger partial charge on any atom is -0.379 e. The van der Waals surface area contributed by atoms with E-state index in [0.717, 1.165) is 19.5 Å². The molecule has 1 aromatic heterocycles. The number of rotatable bonds is 4. The Morgan fingerprint density at radius 3 is 2.72 bits per heavy atom. The molecule has 3 nitrogen and oxygen atoms in total. The minimum atomic E-state index is -0.474. The molecule has 5 heteroatoms. The van der Waals surface area contributed by atoms with Crippen LogP contribution in [0.1, 0.15) is 29.9 Å². The van der Waals surface area contributed by atoms with Gasteiger partial charge in [0, 0.05) is 13.1 Å². The molecule has 1 saturated heterocycles. The maximum Gasteiger partial charge on any atom is 0.194 e. The molecule has 0 N–H and O–H groups in total. The van der Waals surface area contributed by atoms with E-state index in [-0.39, 0.29) is 5.78 Å². The third kappa shape index (κ3) is 2.48. The highest BCUT2D eigenvalue weighted by Crippen LogP contribution is 2.31. The van der Waals surface area contributed by atoms with Crippen LogP contribution in [0.4, 0.5) is 0 Å². The summed E-state index contributed by atoms with van der Waals surface area (Å²) in [5.41, 5.74) is -0.474. The number of hydrogen-bond acceptors (Lipinski definition) is 4. The fourth-order valence-electron chi connectivity index (χ4n) is 2.28. The first-order chi connectivity index (χ1) is 8.59. The molecule has 2 rings (SSSR count). The summed E-state index contributed by atoms with van der Waals surface area (Å²) in [6, 6.07) is 1.79. The topological polar surface area (TPSA) is 29.5 Å². The molecule has 18 heavy (non-hydrogen) atoms. The lowest BCUT2D eigenvalue weighted by Crippen LogP contribution is -2.55. The Kier molecular flexibility index (Phi) is 4.43. The predicted molar refractivity (Wildman–Crippen MR) is 74.7 cm³/mol. The Hall–Kier alpha value is -0.420. The van der Waals surface area contributed by atoms with Crippen molar-refractivity contribution in [1.82, 2.24) is 4.90 Å². The lowest BCUT2D eigenvalue weighted by atomic mass is 9.89. The number of Topliss-reactive ketones (excluding diaryl/α,β-unsaturated/α-hetero) is 1. The second kappa shape index (κ2) is 5.70. The first kappa shape index (κ1) is 14.0. The molecule has 0 saturated carbocycles. The quantitative estimate of drug-likeness (QED) is 0.797. The number of carbonyl (C=O) groups is 1. The lowest BCUT2D eigenvalue weighted by Gasteiger charge is -2.41. The largest absolute Gasteiger partial charge is 0.379 e. The summed E-state index contributed by atoms with van der Waals surface area (Å²) in [6.07, 6.45) is 0.778. The van der Waals surface area contributed by atoms with Gasteiger partial charge < -0.3 is 4.74 Å². The number of hydrogen-bond donors (Lipinski definition) is 0. The number of halogens is 1. The van der Waals surface area contributed by atoms with Gasteiger partial charge in [-0.1, -0.05) is 18.5 Å². The summed E-state index contributed by atoms with van der Waals surface area (Å²) >= 11 is 7.51. The summed E-state index contributed by atoms with van der Waals surface area (Å²) in [5.74, 6) is 0.131. The van der Waals surface area contributed by atoms with Gasteiger partial charge in [-0.25, -0.2) is 0 Å². The Morgan fingerprint density at radius 1 is 1.56 bits per heavy atom. The molecule has 1 atom stereocenters. The van der Waals surface area contributed by atoms with Gasteiger partial charge in [0.2, 0.25) is 0 Å². The fourth-order valence-corrected chi connectivity index (χ4v) is 3.49. The van der Waals surface area contributed by atoms with Crippen LogP contribution in [0, 0.1) is 0 Å². The van der Waals surface area contributed by atoms with Gasteiger partial charge in [0.25, 0.3) is 0 Å². The van der Waals surface area contributed by atoms with Gasteiger partial charge in [0.15, 0.2) is 5.78 Å². The summed E-state index contributed by atoms with van der Waals surface area (Å²) in [7, 11) is 0. The maximum atomic E-state index is 12.7. The monoisotopic (exact) mass is 287 g/mol. The van der Waals surface area contributed by atoms with Crippen molar-refractivity contribution in [3.63, 3.8) is 0 Å². The Labute approximate surface area is 117 Å². The number of carbonyl (C=O) groups excluding carboxylic acids is 1. The molecule has 0 spiro atoms. The van der Waals surface area contributed by atoms with Gasteiger partial charge in [-0.05, 0) is 24.8 Å². The molecule has 0 radical (unpaired) electrons. The molecule has 0 aromatic carbocycles. The Morgan fingerprint density at radius 2 is 2.22 bits per heavy atom. The molecule has 0 aliphatic carbocycles. The Bertz CT molecular complexity index is 428. The van der Waals surface area contributed by atoms with Crippen LogP contribution in [-0.4, -0.2) is 42.5 Å². The SMILES string of the molecule is CCC(C)(C(=O)c1sccc1Cl)N1CCOCC1. The van der Waals surface area contributed by atoms with Crippen molar-refractivity contribution in [2.45, 2.75) is 25.8 Å². The van der Waals surface area contributed by atoms with E-state index in [1.165, 1.54) is 11.3 Å². The summed E-state index contributed by atoms with van der Waals surface area (Å²) < 4.78 is 5.36. The van der Waals surface area contributed by atoms with E-state index in [1.807, 2.05) is 12.3 Å². The van der Waals surface area contributed by atoms with Crippen molar-refractivity contribution in [1.29, 1.82) is 0 Å². The molecule has 1 aliphatic heterocycles. The zero-order valence-electron chi connectivity index (χ0n) is 10.7. The second-order valence-corrected chi connectivity index (χ2v) is 5.98. The van der Waals surface area contributed by atoms with E-state index in [2.05, 4.69) is 11.8 Å². The zero-order chi connectivity index (χ0) is 13.2. The van der Waals surface area contributed by atoms with Gasteiger partial charge in [0.1, 0.15) is 0 Å². The average Bonchev–Trinajstić information content (AvgIpc) is 2.84. The predicted octanol–water partition coefficient (Wildman–Crippen LogP) is 3.09. The van der Waals surface area contributed by atoms with E-state index < -0.39 is 5.54 Å². The van der Waals surface area contributed by atoms with Crippen LogP contribution in [0.2, 0.25) is 5.02 Å². The smallest absolute Gasteiger partial charge is 0.194 e. The molecule has 1 aromatic rings. The summed E-state index contributed by atoms with van der Waals surface area (Å²) in [6.45, 7) is 7.06. The second-order valence-electron chi connectivity index (χ2n) is 4.65. The van der Waals surface area contributed by atoms with Crippen LogP contribution in [0.25, 0.3) is 0 Å². The van der Waals surface area contributed by atoms with Gasteiger partial charge >= 0.3 is 0 Å². The molecule has 1 unspecified atom stereocenters. The standard InChI is InChI=1S/C13H18ClNO2S/c1-3-13(2,15-5-7-17-8-6-15)12(16)11-10(14)4-9-18-11/h4,9H,3,5-8H2,1-2H3.